The van der Waals surface area contributed by atoms with Crippen molar-refractivity contribution in [3.8, 4) is 78.4 Å². The lowest BCUT2D eigenvalue weighted by Gasteiger charge is -2.17. The first-order valence-electron chi connectivity index (χ1n) is 25.3. The van der Waals surface area contributed by atoms with Gasteiger partial charge >= 0.3 is 0 Å². The Morgan fingerprint density at radius 2 is 0.806 bits per heavy atom. The lowest BCUT2D eigenvalue weighted by Crippen LogP contribution is -1.91. The van der Waals surface area contributed by atoms with Crippen LogP contribution in [0.3, 0.4) is 0 Å². The Morgan fingerprint density at radius 3 is 1.42 bits per heavy atom. The summed E-state index contributed by atoms with van der Waals surface area (Å²) in [5, 5.41) is 6.27. The van der Waals surface area contributed by atoms with Gasteiger partial charge in [0.05, 0.1) is 25.0 Å². The van der Waals surface area contributed by atoms with Crippen LogP contribution in [0.25, 0.3) is 133 Å². The average molecular weight is 859 g/mol. The molecule has 10 aromatic carbocycles. The maximum Gasteiger partial charge on any atom is 0.144 e. The van der Waals surface area contributed by atoms with Crippen LogP contribution < -0.4 is 0 Å². The molecule has 0 aliphatic carbocycles. The van der Waals surface area contributed by atoms with Crippen LogP contribution in [0.5, 0.6) is 0 Å². The number of pyridine rings is 2. The van der Waals surface area contributed by atoms with Crippen molar-refractivity contribution in [2.24, 2.45) is 0 Å². The molecule has 13 rings (SSSR count). The van der Waals surface area contributed by atoms with Crippen LogP contribution in [-0.4, -0.2) is 9.97 Å². The fraction of sp³-hybridized carbons (Fsp3) is 0. The van der Waals surface area contributed by atoms with Gasteiger partial charge in [-0.25, -0.2) is 4.98 Å². The highest BCUT2D eigenvalue weighted by Crippen LogP contribution is 2.53. The maximum atomic E-state index is 9.68. The Labute approximate surface area is 396 Å². The van der Waals surface area contributed by atoms with Gasteiger partial charge in [-0.2, -0.15) is 0 Å². The van der Waals surface area contributed by atoms with E-state index in [1.165, 1.54) is 0 Å². The van der Waals surface area contributed by atoms with Gasteiger partial charge in [-0.15, -0.1) is 0 Å². The van der Waals surface area contributed by atoms with Gasteiger partial charge in [-0.05, 0) is 77.8 Å². The van der Waals surface area contributed by atoms with Crippen LogP contribution in [0.2, 0.25) is 0 Å². The predicted molar refractivity (Wildman–Crippen MR) is 280 cm³/mol. The van der Waals surface area contributed by atoms with E-state index >= 15 is 0 Å². The van der Waals surface area contributed by atoms with Crippen molar-refractivity contribution < 1.29 is 12.6 Å². The summed E-state index contributed by atoms with van der Waals surface area (Å²) in [7, 11) is 0. The molecule has 3 heterocycles. The molecule has 0 radical (unpaired) electrons. The summed E-state index contributed by atoms with van der Waals surface area (Å²) in [5.41, 5.74) is 10.2. The fourth-order valence-electron chi connectivity index (χ4n) is 9.86. The van der Waals surface area contributed by atoms with Gasteiger partial charge in [0.1, 0.15) is 11.5 Å². The maximum absolute atomic E-state index is 9.68. The van der Waals surface area contributed by atoms with Crippen molar-refractivity contribution in [3.63, 3.8) is 0 Å². The second kappa shape index (κ2) is 16.0. The van der Waals surface area contributed by atoms with E-state index in [1.807, 2.05) is 97.1 Å². The minimum Gasteiger partial charge on any atom is -0.455 e. The molecule has 0 bridgehead atoms. The molecule has 0 fully saturated rings. The molecule has 0 aliphatic heterocycles. The number of fused-ring (bicyclic) bond motifs is 6. The third kappa shape index (κ3) is 6.43. The standard InChI is InChI=1S/C64H40N2O/c1-4-17-42(18-5-1)57-52-26-12-14-28-54(52)60(55-29-15-13-27-53(55)57)64-59(44-21-8-3-9-22-44)58(43-19-6-2-7-20-43)63(67-64)47-34-30-41(31-35-47)48-37-38-51(50-25-11-10-24-49(48)50)56-39-36-46-33-32-45-23-16-40-65-61(45)62(46)66-56/h1-40H/i10D,11D,24D,25D,37D,38D. The van der Waals surface area contributed by atoms with E-state index in [2.05, 4.69) is 102 Å². The normalized spacial score (nSPS) is 12.8. The molecular formula is C64H40N2O. The van der Waals surface area contributed by atoms with Gasteiger partial charge in [-0.1, -0.05) is 224 Å². The van der Waals surface area contributed by atoms with Crippen molar-refractivity contribution in [2.45, 2.75) is 0 Å². The van der Waals surface area contributed by atoms with Crippen LogP contribution >= 0.6 is 0 Å². The summed E-state index contributed by atoms with van der Waals surface area (Å²) in [5.74, 6) is 1.35. The Kier molecular flexibility index (Phi) is 7.78. The van der Waals surface area contributed by atoms with Gasteiger partial charge in [0, 0.05) is 44.8 Å². The fourth-order valence-corrected chi connectivity index (χ4v) is 9.86. The lowest BCUT2D eigenvalue weighted by molar-refractivity contribution is 0.600. The lowest BCUT2D eigenvalue weighted by atomic mass is 9.85. The van der Waals surface area contributed by atoms with Crippen molar-refractivity contribution in [3.05, 3.63) is 243 Å². The van der Waals surface area contributed by atoms with Crippen LogP contribution in [0.1, 0.15) is 8.22 Å². The highest BCUT2D eigenvalue weighted by atomic mass is 16.3. The quantitative estimate of drug-likeness (QED) is 0.118. The summed E-state index contributed by atoms with van der Waals surface area (Å²) in [4.78, 5) is 9.61. The third-order valence-electron chi connectivity index (χ3n) is 12.9. The highest BCUT2D eigenvalue weighted by molar-refractivity contribution is 6.23. The Balaban J connectivity index is 1.05. The van der Waals surface area contributed by atoms with Crippen molar-refractivity contribution in [1.29, 1.82) is 0 Å². The number of hydrogen-bond acceptors (Lipinski definition) is 3. The SMILES string of the molecule is [2H]c1c([2H])c([2H])c2c(-c3ccc4ccc5cccnc5c4n3)c([2H])c([2H])c(-c3ccc(-c4oc(-c5c6ccccc6c(-c6ccccc6)c6ccccc56)c(-c5ccccc5)c4-c4ccccc4)cc3)c2c1[2H]. The van der Waals surface area contributed by atoms with E-state index in [-0.39, 0.29) is 46.1 Å². The van der Waals surface area contributed by atoms with Gasteiger partial charge in [0.15, 0.2) is 0 Å². The van der Waals surface area contributed by atoms with Crippen LogP contribution in [0, 0.1) is 0 Å². The molecule has 0 atom stereocenters. The molecule has 0 saturated carbocycles. The third-order valence-corrected chi connectivity index (χ3v) is 12.9. The molecule has 3 aromatic heterocycles. The minimum atomic E-state index is -0.434. The zero-order chi connectivity index (χ0) is 49.5. The molecule has 0 saturated heterocycles. The number of benzene rings is 10. The molecule has 0 N–H and O–H groups in total. The zero-order valence-corrected chi connectivity index (χ0v) is 35.9. The van der Waals surface area contributed by atoms with Crippen LogP contribution in [-0.2, 0) is 0 Å². The first-order chi connectivity index (χ1) is 35.8. The van der Waals surface area contributed by atoms with Crippen LogP contribution in [0.4, 0.5) is 0 Å². The van der Waals surface area contributed by atoms with Gasteiger partial charge < -0.3 is 4.42 Å². The van der Waals surface area contributed by atoms with Crippen molar-refractivity contribution >= 4 is 54.1 Å². The number of hydrogen-bond donors (Lipinski definition) is 0. The Bertz CT molecular complexity index is 4310. The van der Waals surface area contributed by atoms with Gasteiger partial charge in [0.25, 0.3) is 0 Å². The molecule has 3 nitrogen and oxygen atoms in total. The summed E-state index contributed by atoms with van der Waals surface area (Å²) >= 11 is 0. The van der Waals surface area contributed by atoms with E-state index in [4.69, 9.17) is 12.1 Å². The molecule has 0 unspecified atom stereocenters. The van der Waals surface area contributed by atoms with Gasteiger partial charge in [-0.3, -0.25) is 4.98 Å². The second-order valence-electron chi connectivity index (χ2n) is 16.7. The largest absolute Gasteiger partial charge is 0.455 e. The molecule has 13 aromatic rings. The first kappa shape index (κ1) is 32.7. The molecule has 67 heavy (non-hydrogen) atoms. The predicted octanol–water partition coefficient (Wildman–Crippen LogP) is 17.5. The summed E-state index contributed by atoms with van der Waals surface area (Å²) in [6.07, 6.45) is 1.70. The van der Waals surface area contributed by atoms with E-state index in [1.54, 1.807) is 12.3 Å². The second-order valence-corrected chi connectivity index (χ2v) is 16.7. The molecule has 0 amide bonds. The Hall–Kier alpha value is -8.92. The smallest absolute Gasteiger partial charge is 0.144 e. The average Bonchev–Trinajstić information content (AvgIpc) is 3.85. The first-order valence-corrected chi connectivity index (χ1v) is 22.3. The monoisotopic (exact) mass is 858 g/mol. The highest BCUT2D eigenvalue weighted by Gasteiger charge is 2.28. The number of aromatic nitrogens is 2. The number of furan rings is 1. The molecule has 3 heteroatoms. The minimum absolute atomic E-state index is 0.124. The zero-order valence-electron chi connectivity index (χ0n) is 41.9. The number of rotatable bonds is 7. The number of nitrogens with zero attached hydrogens (tertiary/aromatic N) is 2. The van der Waals surface area contributed by atoms with E-state index in [9.17, 15) is 5.48 Å². The summed E-state index contributed by atoms with van der Waals surface area (Å²) in [6.45, 7) is 0. The van der Waals surface area contributed by atoms with E-state index < -0.39 is 12.1 Å². The topological polar surface area (TPSA) is 38.9 Å². The molecule has 0 aliphatic rings. The van der Waals surface area contributed by atoms with Crippen molar-refractivity contribution in [2.75, 3.05) is 0 Å². The van der Waals surface area contributed by atoms with Crippen molar-refractivity contribution in [1.82, 2.24) is 9.97 Å². The molecule has 312 valence electrons. The summed E-state index contributed by atoms with van der Waals surface area (Å²) in [6, 6.07) is 65.2. The van der Waals surface area contributed by atoms with Crippen LogP contribution in [0.15, 0.2) is 247 Å². The summed E-state index contributed by atoms with van der Waals surface area (Å²) < 4.78 is 63.1. The molecule has 0 spiro atoms. The van der Waals surface area contributed by atoms with E-state index in [0.29, 0.717) is 33.8 Å². The van der Waals surface area contributed by atoms with Gasteiger partial charge in [0.2, 0.25) is 0 Å². The Morgan fingerprint density at radius 1 is 0.328 bits per heavy atom. The molecular weight excluding hydrogens is 813 g/mol. The van der Waals surface area contributed by atoms with E-state index in [0.717, 1.165) is 76.8 Å².